The molecule has 1 aromatic heterocycles. The van der Waals surface area contributed by atoms with Crippen molar-refractivity contribution in [2.24, 2.45) is 0 Å². The van der Waals surface area contributed by atoms with Crippen LogP contribution in [0.5, 0.6) is 0 Å². The van der Waals surface area contributed by atoms with E-state index in [0.29, 0.717) is 0 Å². The normalized spacial score (nSPS) is 15.2. The predicted octanol–water partition coefficient (Wildman–Crippen LogP) is 1.66. The van der Waals surface area contributed by atoms with Crippen LogP contribution in [0.3, 0.4) is 0 Å². The number of hydrogen-bond acceptors (Lipinski definition) is 3. The van der Waals surface area contributed by atoms with E-state index >= 15 is 0 Å². The summed E-state index contributed by atoms with van der Waals surface area (Å²) in [7, 11) is 2.01. The van der Waals surface area contributed by atoms with Crippen LogP contribution in [0, 0.1) is 0 Å². The molecule has 4 nitrogen and oxygen atoms in total. The summed E-state index contributed by atoms with van der Waals surface area (Å²) in [6.07, 6.45) is 5.07. The van der Waals surface area contributed by atoms with Crippen molar-refractivity contribution in [2.45, 2.75) is 26.1 Å². The SMILES string of the molecule is CNCCc1ccccc1CN1CCn2ccnc2C1. The van der Waals surface area contributed by atoms with Gasteiger partial charge in [-0.05, 0) is 31.1 Å². The summed E-state index contributed by atoms with van der Waals surface area (Å²) in [6, 6.07) is 8.78. The molecular formula is C16H22N4. The molecule has 1 aromatic carbocycles. The molecule has 1 aliphatic rings. The second-order valence-electron chi connectivity index (χ2n) is 5.37. The van der Waals surface area contributed by atoms with Gasteiger partial charge in [0.15, 0.2) is 0 Å². The Labute approximate surface area is 120 Å². The Bertz CT molecular complexity index is 561. The number of hydrogen-bond donors (Lipinski definition) is 1. The van der Waals surface area contributed by atoms with Crippen LogP contribution >= 0.6 is 0 Å². The summed E-state index contributed by atoms with van der Waals surface area (Å²) in [4.78, 5) is 6.92. The number of benzene rings is 1. The maximum absolute atomic E-state index is 4.43. The largest absolute Gasteiger partial charge is 0.333 e. The second kappa shape index (κ2) is 6.20. The van der Waals surface area contributed by atoms with Crippen molar-refractivity contribution in [3.05, 3.63) is 53.6 Å². The zero-order chi connectivity index (χ0) is 13.8. The third kappa shape index (κ3) is 2.92. The summed E-state index contributed by atoms with van der Waals surface area (Å²) in [5, 5.41) is 3.23. The first kappa shape index (κ1) is 13.3. The first-order chi connectivity index (χ1) is 9.86. The quantitative estimate of drug-likeness (QED) is 0.897. The molecule has 0 amide bonds. The van der Waals surface area contributed by atoms with E-state index in [1.54, 1.807) is 0 Å². The molecule has 0 aliphatic carbocycles. The summed E-state index contributed by atoms with van der Waals surface area (Å²) >= 11 is 0. The Balaban J connectivity index is 1.69. The van der Waals surface area contributed by atoms with Crippen molar-refractivity contribution in [1.29, 1.82) is 0 Å². The minimum Gasteiger partial charge on any atom is -0.333 e. The molecule has 0 saturated heterocycles. The molecule has 106 valence electrons. The summed E-state index contributed by atoms with van der Waals surface area (Å²) in [5.74, 6) is 1.18. The maximum Gasteiger partial charge on any atom is 0.122 e. The van der Waals surface area contributed by atoms with Gasteiger partial charge in [0.05, 0.1) is 6.54 Å². The van der Waals surface area contributed by atoms with Gasteiger partial charge in [0.1, 0.15) is 5.82 Å². The Morgan fingerprint density at radius 1 is 1.20 bits per heavy atom. The summed E-state index contributed by atoms with van der Waals surface area (Å²) < 4.78 is 2.25. The fraction of sp³-hybridized carbons (Fsp3) is 0.438. The molecule has 2 aromatic rings. The van der Waals surface area contributed by atoms with Crippen LogP contribution < -0.4 is 5.32 Å². The van der Waals surface area contributed by atoms with Gasteiger partial charge in [-0.1, -0.05) is 24.3 Å². The van der Waals surface area contributed by atoms with Crippen LogP contribution in [0.25, 0.3) is 0 Å². The minimum absolute atomic E-state index is 0.952. The van der Waals surface area contributed by atoms with Crippen molar-refractivity contribution < 1.29 is 0 Å². The number of fused-ring (bicyclic) bond motifs is 1. The maximum atomic E-state index is 4.43. The molecule has 1 N–H and O–H groups in total. The van der Waals surface area contributed by atoms with E-state index in [9.17, 15) is 0 Å². The number of nitrogens with zero attached hydrogens (tertiary/aromatic N) is 3. The average molecular weight is 270 g/mol. The average Bonchev–Trinajstić information content (AvgIpc) is 2.94. The van der Waals surface area contributed by atoms with E-state index in [1.165, 1.54) is 17.0 Å². The molecule has 4 heteroatoms. The van der Waals surface area contributed by atoms with Crippen LogP contribution in [0.4, 0.5) is 0 Å². The lowest BCUT2D eigenvalue weighted by Crippen LogP contribution is -2.33. The molecule has 1 aliphatic heterocycles. The first-order valence-electron chi connectivity index (χ1n) is 7.30. The third-order valence-electron chi connectivity index (χ3n) is 3.98. The fourth-order valence-corrected chi connectivity index (χ4v) is 2.81. The smallest absolute Gasteiger partial charge is 0.122 e. The molecule has 3 rings (SSSR count). The third-order valence-corrected chi connectivity index (χ3v) is 3.98. The van der Waals surface area contributed by atoms with Gasteiger partial charge in [0, 0.05) is 32.0 Å². The summed E-state index contributed by atoms with van der Waals surface area (Å²) in [6.45, 7) is 5.15. The number of nitrogens with one attached hydrogen (secondary N) is 1. The van der Waals surface area contributed by atoms with E-state index in [4.69, 9.17) is 0 Å². The Morgan fingerprint density at radius 3 is 2.90 bits per heavy atom. The van der Waals surface area contributed by atoms with Crippen molar-refractivity contribution in [2.75, 3.05) is 20.1 Å². The van der Waals surface area contributed by atoms with Crippen LogP contribution in [-0.4, -0.2) is 34.6 Å². The molecule has 0 spiro atoms. The van der Waals surface area contributed by atoms with Crippen molar-refractivity contribution in [1.82, 2.24) is 19.8 Å². The molecular weight excluding hydrogens is 248 g/mol. The monoisotopic (exact) mass is 270 g/mol. The molecule has 0 unspecified atom stereocenters. The minimum atomic E-state index is 0.952. The second-order valence-corrected chi connectivity index (χ2v) is 5.37. The van der Waals surface area contributed by atoms with Gasteiger partial charge < -0.3 is 9.88 Å². The van der Waals surface area contributed by atoms with Crippen molar-refractivity contribution in [3.8, 4) is 0 Å². The van der Waals surface area contributed by atoms with Crippen LogP contribution in [0.15, 0.2) is 36.7 Å². The van der Waals surface area contributed by atoms with Gasteiger partial charge >= 0.3 is 0 Å². The zero-order valence-electron chi connectivity index (χ0n) is 12.0. The number of likely N-dealkylation sites (N-methyl/N-ethyl adjacent to an activating group) is 1. The molecule has 0 fully saturated rings. The van der Waals surface area contributed by atoms with Gasteiger partial charge in [-0.2, -0.15) is 0 Å². The van der Waals surface area contributed by atoms with Crippen LogP contribution in [0.1, 0.15) is 17.0 Å². The molecule has 20 heavy (non-hydrogen) atoms. The number of rotatable bonds is 5. The Kier molecular flexibility index (Phi) is 4.14. The lowest BCUT2D eigenvalue weighted by molar-refractivity contribution is 0.208. The highest BCUT2D eigenvalue weighted by Gasteiger charge is 2.17. The van der Waals surface area contributed by atoms with Crippen LogP contribution in [0.2, 0.25) is 0 Å². The van der Waals surface area contributed by atoms with E-state index in [0.717, 1.165) is 39.1 Å². The van der Waals surface area contributed by atoms with Gasteiger partial charge in [0.2, 0.25) is 0 Å². The van der Waals surface area contributed by atoms with Gasteiger partial charge in [-0.25, -0.2) is 4.98 Å². The van der Waals surface area contributed by atoms with E-state index in [1.807, 2.05) is 13.2 Å². The van der Waals surface area contributed by atoms with Crippen molar-refractivity contribution >= 4 is 0 Å². The molecule has 0 bridgehead atoms. The van der Waals surface area contributed by atoms with Gasteiger partial charge in [-0.3, -0.25) is 4.90 Å². The van der Waals surface area contributed by atoms with Crippen LogP contribution in [-0.2, 0) is 26.1 Å². The molecule has 2 heterocycles. The molecule has 0 atom stereocenters. The van der Waals surface area contributed by atoms with E-state index in [-0.39, 0.29) is 0 Å². The molecule has 0 saturated carbocycles. The number of imidazole rings is 1. The zero-order valence-corrected chi connectivity index (χ0v) is 12.0. The standard InChI is InChI=1S/C16H22N4/c1-17-7-6-14-4-2-3-5-15(14)12-19-10-11-20-9-8-18-16(20)13-19/h2-5,8-9,17H,6-7,10-13H2,1H3. The fourth-order valence-electron chi connectivity index (χ4n) is 2.81. The van der Waals surface area contributed by atoms with Gasteiger partial charge in [0.25, 0.3) is 0 Å². The molecule has 0 radical (unpaired) electrons. The topological polar surface area (TPSA) is 33.1 Å². The number of aromatic nitrogens is 2. The van der Waals surface area contributed by atoms with Gasteiger partial charge in [-0.15, -0.1) is 0 Å². The highest BCUT2D eigenvalue weighted by Crippen LogP contribution is 2.17. The van der Waals surface area contributed by atoms with E-state index in [2.05, 4.69) is 50.2 Å². The predicted molar refractivity (Wildman–Crippen MR) is 80.4 cm³/mol. The first-order valence-corrected chi connectivity index (χ1v) is 7.30. The summed E-state index contributed by atoms with van der Waals surface area (Å²) in [5.41, 5.74) is 2.90. The lowest BCUT2D eigenvalue weighted by Gasteiger charge is -2.28. The van der Waals surface area contributed by atoms with E-state index < -0.39 is 0 Å². The lowest BCUT2D eigenvalue weighted by atomic mass is 10.0. The highest BCUT2D eigenvalue weighted by atomic mass is 15.2. The Morgan fingerprint density at radius 2 is 2.05 bits per heavy atom. The van der Waals surface area contributed by atoms with Crippen molar-refractivity contribution in [3.63, 3.8) is 0 Å². The Hall–Kier alpha value is -1.65. The highest BCUT2D eigenvalue weighted by molar-refractivity contribution is 5.27.